The fraction of sp³-hybridized carbons (Fsp3) is 0.667. The van der Waals surface area contributed by atoms with E-state index in [2.05, 4.69) is 6.42 Å². The fourth-order valence-corrected chi connectivity index (χ4v) is 0.797. The topological polar surface area (TPSA) is 9.23 Å². The Hall–Kier alpha value is 0.375. The van der Waals surface area contributed by atoms with Gasteiger partial charge in [0.1, 0.15) is 0 Å². The molecule has 0 saturated carbocycles. The van der Waals surface area contributed by atoms with Crippen LogP contribution in [0.4, 0.5) is 0 Å². The molecule has 0 atom stereocenters. The Kier molecular flexibility index (Phi) is 1.91. The van der Waals surface area contributed by atoms with E-state index in [0.717, 1.165) is 12.4 Å². The molecule has 0 aliphatic carbocycles. The summed E-state index contributed by atoms with van der Waals surface area (Å²) in [6, 6.07) is 0. The average molecular weight is 100.0 g/mol. The Morgan fingerprint density at radius 3 is 3.00 bits per heavy atom. The first-order valence-electron chi connectivity index (χ1n) is 1.87. The second-order valence-electron chi connectivity index (χ2n) is 1.05. The first kappa shape index (κ1) is 4.53. The SMILES string of the molecule is [B]1OC[CH]CS1. The van der Waals surface area contributed by atoms with Crippen LogP contribution >= 0.6 is 11.6 Å². The van der Waals surface area contributed by atoms with Gasteiger partial charge in [0.15, 0.2) is 0 Å². The zero-order valence-electron chi connectivity index (χ0n) is 3.39. The summed E-state index contributed by atoms with van der Waals surface area (Å²) in [5.74, 6) is 1.11. The first-order chi connectivity index (χ1) is 3.00. The van der Waals surface area contributed by atoms with E-state index in [9.17, 15) is 0 Å². The summed E-state index contributed by atoms with van der Waals surface area (Å²) < 4.78 is 4.85. The fourth-order valence-electron chi connectivity index (χ4n) is 0.311. The van der Waals surface area contributed by atoms with E-state index in [1.165, 1.54) is 0 Å². The molecule has 1 fully saturated rings. The lowest BCUT2D eigenvalue weighted by Gasteiger charge is -2.05. The number of hydrogen-bond donors (Lipinski definition) is 0. The minimum atomic E-state index is 0.799. The summed E-state index contributed by atoms with van der Waals surface area (Å²) in [7, 11) is 0. The first-order valence-corrected chi connectivity index (χ1v) is 2.91. The molecular weight excluding hydrogens is 94.9 g/mol. The van der Waals surface area contributed by atoms with Crippen molar-refractivity contribution in [3.8, 4) is 0 Å². The lowest BCUT2D eigenvalue weighted by Crippen LogP contribution is -2.06. The van der Waals surface area contributed by atoms with Crippen LogP contribution in [0, 0.1) is 6.42 Å². The van der Waals surface area contributed by atoms with Gasteiger partial charge in [-0.1, -0.05) is 0 Å². The molecular formula is C3H5BOS. The van der Waals surface area contributed by atoms with E-state index >= 15 is 0 Å². The molecule has 0 aromatic carbocycles. The van der Waals surface area contributed by atoms with E-state index < -0.39 is 0 Å². The highest BCUT2D eigenvalue weighted by Gasteiger charge is 1.99. The second kappa shape index (κ2) is 2.53. The van der Waals surface area contributed by atoms with Gasteiger partial charge < -0.3 is 4.65 Å². The standard InChI is InChI=1S/C3H5BOS/c1-2-5-4-6-3-1/h1H,2-3H2. The van der Waals surface area contributed by atoms with Crippen molar-refractivity contribution < 1.29 is 4.65 Å². The van der Waals surface area contributed by atoms with E-state index in [-0.39, 0.29) is 0 Å². The van der Waals surface area contributed by atoms with Gasteiger partial charge in [-0.25, -0.2) is 0 Å². The van der Waals surface area contributed by atoms with Crippen molar-refractivity contribution in [2.45, 2.75) is 0 Å². The van der Waals surface area contributed by atoms with Crippen LogP contribution in [0.15, 0.2) is 0 Å². The van der Waals surface area contributed by atoms with Gasteiger partial charge in [-0.2, -0.15) is 11.6 Å². The van der Waals surface area contributed by atoms with Crippen LogP contribution in [0.1, 0.15) is 0 Å². The predicted octanol–water partition coefficient (Wildman–Crippen LogP) is 0.488. The Labute approximate surface area is 42.6 Å². The molecule has 0 aromatic heterocycles. The molecule has 2 radical (unpaired) electrons. The summed E-state index contributed by atoms with van der Waals surface area (Å²) in [6.45, 7) is 2.58. The maximum Gasteiger partial charge on any atom is 0.371 e. The highest BCUT2D eigenvalue weighted by atomic mass is 32.2. The largest absolute Gasteiger partial charge is 0.428 e. The van der Waals surface area contributed by atoms with Crippen LogP contribution in [0.3, 0.4) is 0 Å². The van der Waals surface area contributed by atoms with E-state index in [0.29, 0.717) is 0 Å². The molecule has 0 N–H and O–H groups in total. The molecule has 1 aliphatic heterocycles. The van der Waals surface area contributed by atoms with Crippen LogP contribution in [0.5, 0.6) is 0 Å². The van der Waals surface area contributed by atoms with Crippen LogP contribution in [0.25, 0.3) is 0 Å². The van der Waals surface area contributed by atoms with E-state index in [1.807, 2.05) is 0 Å². The third-order valence-electron chi connectivity index (χ3n) is 0.564. The third-order valence-corrected chi connectivity index (χ3v) is 1.26. The molecule has 0 aromatic rings. The Bertz CT molecular complexity index is 26.3. The average Bonchev–Trinajstić information content (AvgIpc) is 1.72. The highest BCUT2D eigenvalue weighted by Crippen LogP contribution is 2.04. The van der Waals surface area contributed by atoms with Crippen molar-refractivity contribution in [1.29, 1.82) is 0 Å². The van der Waals surface area contributed by atoms with Crippen molar-refractivity contribution in [1.82, 2.24) is 0 Å². The van der Waals surface area contributed by atoms with Gasteiger partial charge in [-0.15, -0.1) is 0 Å². The minimum Gasteiger partial charge on any atom is -0.428 e. The molecule has 1 nitrogen and oxygen atoms in total. The zero-order valence-corrected chi connectivity index (χ0v) is 4.20. The summed E-state index contributed by atoms with van der Waals surface area (Å²) in [6.07, 6.45) is 2.10. The minimum absolute atomic E-state index is 0.799. The third kappa shape index (κ3) is 1.23. The molecule has 0 unspecified atom stereocenters. The lowest BCUT2D eigenvalue weighted by molar-refractivity contribution is 0.379. The predicted molar refractivity (Wildman–Crippen MR) is 28.5 cm³/mol. The van der Waals surface area contributed by atoms with Crippen molar-refractivity contribution in [2.75, 3.05) is 12.4 Å². The number of hydrogen-bond acceptors (Lipinski definition) is 2. The van der Waals surface area contributed by atoms with Crippen molar-refractivity contribution in [3.63, 3.8) is 0 Å². The quantitative estimate of drug-likeness (QED) is 0.409. The maximum absolute atomic E-state index is 4.85. The van der Waals surface area contributed by atoms with E-state index in [4.69, 9.17) is 4.65 Å². The van der Waals surface area contributed by atoms with Gasteiger partial charge in [0, 0.05) is 6.61 Å². The van der Waals surface area contributed by atoms with Crippen molar-refractivity contribution >= 4 is 18.4 Å². The van der Waals surface area contributed by atoms with Crippen molar-refractivity contribution in [3.05, 3.63) is 6.42 Å². The molecule has 0 amide bonds. The summed E-state index contributed by atoms with van der Waals surface area (Å²) >= 11 is 1.69. The monoisotopic (exact) mass is 100 g/mol. The molecule has 0 bridgehead atoms. The van der Waals surface area contributed by atoms with Crippen LogP contribution in [-0.4, -0.2) is 19.1 Å². The Balaban J connectivity index is 2.00. The van der Waals surface area contributed by atoms with Crippen LogP contribution in [0.2, 0.25) is 0 Å². The van der Waals surface area contributed by atoms with Gasteiger partial charge in [0.2, 0.25) is 0 Å². The van der Waals surface area contributed by atoms with Gasteiger partial charge in [-0.05, 0) is 12.2 Å². The molecule has 1 aliphatic rings. The molecule has 3 heteroatoms. The maximum atomic E-state index is 4.85. The molecule has 1 rings (SSSR count). The lowest BCUT2D eigenvalue weighted by atomic mass is 10.4. The molecule has 6 heavy (non-hydrogen) atoms. The van der Waals surface area contributed by atoms with Crippen LogP contribution in [-0.2, 0) is 4.65 Å². The van der Waals surface area contributed by atoms with Crippen LogP contribution < -0.4 is 0 Å². The molecule has 0 spiro atoms. The molecule has 1 heterocycles. The summed E-state index contributed by atoms with van der Waals surface area (Å²) in [5.41, 5.74) is 0. The summed E-state index contributed by atoms with van der Waals surface area (Å²) in [4.78, 5) is 0. The highest BCUT2D eigenvalue weighted by molar-refractivity contribution is 8.21. The van der Waals surface area contributed by atoms with Gasteiger partial charge in [0.05, 0.1) is 0 Å². The number of rotatable bonds is 0. The van der Waals surface area contributed by atoms with E-state index in [1.54, 1.807) is 18.4 Å². The van der Waals surface area contributed by atoms with Gasteiger partial charge >= 0.3 is 6.76 Å². The smallest absolute Gasteiger partial charge is 0.371 e. The molecule has 32 valence electrons. The summed E-state index contributed by atoms with van der Waals surface area (Å²) in [5, 5.41) is 0. The Morgan fingerprint density at radius 1 is 1.83 bits per heavy atom. The second-order valence-corrected chi connectivity index (χ2v) is 1.91. The van der Waals surface area contributed by atoms with Crippen molar-refractivity contribution in [2.24, 2.45) is 0 Å². The normalized spacial score (nSPS) is 22.7. The van der Waals surface area contributed by atoms with Gasteiger partial charge in [-0.3, -0.25) is 0 Å². The van der Waals surface area contributed by atoms with Gasteiger partial charge in [0.25, 0.3) is 0 Å². The zero-order chi connectivity index (χ0) is 4.24. The Morgan fingerprint density at radius 2 is 2.83 bits per heavy atom. The molecule has 1 saturated heterocycles.